The minimum absolute atomic E-state index is 0.0107. The molecule has 2 N–H and O–H groups in total. The van der Waals surface area contributed by atoms with E-state index in [9.17, 15) is 26.4 Å². The van der Waals surface area contributed by atoms with Crippen LogP contribution in [0.4, 0.5) is 9.59 Å². The van der Waals surface area contributed by atoms with Crippen molar-refractivity contribution in [1.82, 2.24) is 9.37 Å². The predicted molar refractivity (Wildman–Crippen MR) is 187 cm³/mol. The Labute approximate surface area is 304 Å². The Balaban J connectivity index is 2.21. The maximum Gasteiger partial charge on any atom is 0.442 e. The molecule has 0 aromatic heterocycles. The minimum atomic E-state index is -4.74. The molecule has 0 aliphatic rings. The normalized spacial score (nSPS) is 12.4. The molecule has 52 heavy (non-hydrogen) atoms. The SMILES string of the molecule is Cc1cc(OCCCON(C(=O)OC(C)(C)C)C(N)=NC(=O)OC(C)(C)C)cc(OS(=O)(=O)c2ccccc2S(=O)(=O)N(CCC#N)CCC#N)c1. The second kappa shape index (κ2) is 18.5. The topological polar surface area (TPSA) is 241 Å². The van der Waals surface area contributed by atoms with Gasteiger partial charge in [-0.15, -0.1) is 10.1 Å². The lowest BCUT2D eigenvalue weighted by atomic mass is 10.2. The molecule has 0 fully saturated rings. The highest BCUT2D eigenvalue weighted by atomic mass is 32.2. The first-order valence-corrected chi connectivity index (χ1v) is 18.7. The molecule has 0 aliphatic carbocycles. The first-order valence-electron chi connectivity index (χ1n) is 15.8. The van der Waals surface area contributed by atoms with Gasteiger partial charge in [-0.05, 0) is 78.3 Å². The molecule has 2 aromatic rings. The van der Waals surface area contributed by atoms with Gasteiger partial charge in [-0.3, -0.25) is 4.84 Å². The molecule has 0 spiro atoms. The highest BCUT2D eigenvalue weighted by Gasteiger charge is 2.32. The van der Waals surface area contributed by atoms with Crippen molar-refractivity contribution in [3.8, 4) is 23.6 Å². The van der Waals surface area contributed by atoms with Gasteiger partial charge < -0.3 is 24.1 Å². The third-order valence-corrected chi connectivity index (χ3v) is 9.45. The summed E-state index contributed by atoms with van der Waals surface area (Å²) < 4.78 is 76.4. The lowest BCUT2D eigenvalue weighted by molar-refractivity contribution is -0.103. The summed E-state index contributed by atoms with van der Waals surface area (Å²) in [5.41, 5.74) is 4.61. The van der Waals surface area contributed by atoms with E-state index in [4.69, 9.17) is 39.5 Å². The van der Waals surface area contributed by atoms with Crippen LogP contribution in [0, 0.1) is 29.6 Å². The molecule has 284 valence electrons. The van der Waals surface area contributed by atoms with E-state index in [-0.39, 0.29) is 57.1 Å². The quantitative estimate of drug-likeness (QED) is 0.0845. The Morgan fingerprint density at radius 2 is 1.40 bits per heavy atom. The number of nitriles is 2. The zero-order valence-corrected chi connectivity index (χ0v) is 31.7. The van der Waals surface area contributed by atoms with Crippen LogP contribution in [0.25, 0.3) is 0 Å². The van der Waals surface area contributed by atoms with E-state index in [1.165, 1.54) is 24.3 Å². The largest absolute Gasteiger partial charge is 0.493 e. The van der Waals surface area contributed by atoms with E-state index in [0.717, 1.165) is 16.4 Å². The van der Waals surface area contributed by atoms with Crippen LogP contribution in [0.5, 0.6) is 11.5 Å². The zero-order chi connectivity index (χ0) is 39.3. The zero-order valence-electron chi connectivity index (χ0n) is 30.1. The summed E-state index contributed by atoms with van der Waals surface area (Å²) in [7, 11) is -9.20. The van der Waals surface area contributed by atoms with Crippen molar-refractivity contribution in [2.24, 2.45) is 10.7 Å². The molecular weight excluding hydrogens is 721 g/mol. The fraction of sp³-hybridized carbons (Fsp3) is 0.485. The number of ether oxygens (including phenoxy) is 3. The molecule has 0 saturated heterocycles. The molecular formula is C33H44N6O11S2. The lowest BCUT2D eigenvalue weighted by Gasteiger charge is -2.26. The van der Waals surface area contributed by atoms with Crippen LogP contribution < -0.4 is 14.7 Å². The van der Waals surface area contributed by atoms with Gasteiger partial charge in [-0.2, -0.15) is 23.2 Å². The van der Waals surface area contributed by atoms with Crippen LogP contribution >= 0.6 is 0 Å². The molecule has 17 nitrogen and oxygen atoms in total. The number of hydrogen-bond acceptors (Lipinski definition) is 13. The van der Waals surface area contributed by atoms with Gasteiger partial charge in [-0.25, -0.2) is 18.0 Å². The smallest absolute Gasteiger partial charge is 0.442 e. The molecule has 0 atom stereocenters. The molecule has 2 rings (SSSR count). The Hall–Kier alpha value is -4.95. The Bertz CT molecular complexity index is 1890. The molecule has 0 aliphatic heterocycles. The molecule has 0 unspecified atom stereocenters. The molecule has 19 heteroatoms. The monoisotopic (exact) mass is 764 g/mol. The number of hydroxylamine groups is 2. The fourth-order valence-electron chi connectivity index (χ4n) is 4.07. The van der Waals surface area contributed by atoms with E-state index >= 15 is 0 Å². The number of carbonyl (C=O) groups excluding carboxylic acids is 2. The first kappa shape index (κ1) is 43.2. The highest BCUT2D eigenvalue weighted by Crippen LogP contribution is 2.30. The predicted octanol–water partition coefficient (Wildman–Crippen LogP) is 4.77. The summed E-state index contributed by atoms with van der Waals surface area (Å²) >= 11 is 0. The van der Waals surface area contributed by atoms with Crippen molar-refractivity contribution >= 4 is 38.3 Å². The second-order valence-electron chi connectivity index (χ2n) is 12.9. The summed E-state index contributed by atoms with van der Waals surface area (Å²) in [6, 6.07) is 12.8. The number of rotatable bonds is 15. The average Bonchev–Trinajstić information content (AvgIpc) is 3.00. The van der Waals surface area contributed by atoms with Gasteiger partial charge in [0.25, 0.3) is 0 Å². The van der Waals surface area contributed by atoms with Gasteiger partial charge in [0, 0.05) is 38.4 Å². The summed E-state index contributed by atoms with van der Waals surface area (Å²) in [6.45, 7) is 10.7. The molecule has 0 saturated carbocycles. The van der Waals surface area contributed by atoms with Crippen molar-refractivity contribution in [1.29, 1.82) is 10.5 Å². The number of aryl methyl sites for hydroxylation is 1. The van der Waals surface area contributed by atoms with Crippen molar-refractivity contribution < 1.29 is 49.7 Å². The highest BCUT2D eigenvalue weighted by molar-refractivity contribution is 7.91. The van der Waals surface area contributed by atoms with Gasteiger partial charge in [-0.1, -0.05) is 12.1 Å². The van der Waals surface area contributed by atoms with E-state index in [2.05, 4.69) is 4.99 Å². The van der Waals surface area contributed by atoms with Gasteiger partial charge in [0.1, 0.15) is 32.5 Å². The van der Waals surface area contributed by atoms with E-state index in [1.54, 1.807) is 54.5 Å². The third-order valence-electron chi connectivity index (χ3n) is 6.06. The maximum atomic E-state index is 13.5. The number of guanidine groups is 1. The standard InChI is InChI=1S/C33H44N6O11S2/c1-24-21-25(46-19-12-20-47-39(31(41)49-33(5,6)7)29(36)37-30(40)48-32(2,3)4)23-26(22-24)50-52(44,45)28-14-9-8-13-27(28)51(42,43)38(17-10-15-34)18-11-16-35/h8-9,13-14,21-23H,10-12,17-20H2,1-7H3,(H2,36,37,40). The number of nitrogens with zero attached hydrogens (tertiary/aromatic N) is 5. The van der Waals surface area contributed by atoms with Crippen molar-refractivity contribution in [2.75, 3.05) is 26.3 Å². The van der Waals surface area contributed by atoms with Gasteiger partial charge in [0.2, 0.25) is 16.0 Å². The fourth-order valence-corrected chi connectivity index (χ4v) is 7.21. The summed E-state index contributed by atoms with van der Waals surface area (Å²) in [5.74, 6) is -0.607. The van der Waals surface area contributed by atoms with E-state index < -0.39 is 59.3 Å². The Morgan fingerprint density at radius 1 is 0.846 bits per heavy atom. The average molecular weight is 765 g/mol. The van der Waals surface area contributed by atoms with Crippen molar-refractivity contribution in [2.45, 2.75) is 88.7 Å². The molecule has 0 heterocycles. The number of carbonyl (C=O) groups is 2. The number of aliphatic imine (C=N–C) groups is 1. The van der Waals surface area contributed by atoms with Crippen molar-refractivity contribution in [3.63, 3.8) is 0 Å². The third kappa shape index (κ3) is 14.0. The van der Waals surface area contributed by atoms with Gasteiger partial charge in [0.05, 0.1) is 25.4 Å². The van der Waals surface area contributed by atoms with Crippen LogP contribution in [-0.4, -0.2) is 81.9 Å². The number of amides is 2. The molecule has 0 bridgehead atoms. The first-order chi connectivity index (χ1) is 24.1. The summed E-state index contributed by atoms with van der Waals surface area (Å²) in [5, 5.41) is 18.5. The molecule has 2 aromatic carbocycles. The van der Waals surface area contributed by atoms with Crippen LogP contribution in [0.2, 0.25) is 0 Å². The summed E-state index contributed by atoms with van der Waals surface area (Å²) in [4.78, 5) is 32.7. The molecule has 2 amide bonds. The van der Waals surface area contributed by atoms with Gasteiger partial charge >= 0.3 is 22.3 Å². The number of benzene rings is 2. The minimum Gasteiger partial charge on any atom is -0.493 e. The van der Waals surface area contributed by atoms with E-state index in [1.807, 2.05) is 12.1 Å². The molecule has 0 radical (unpaired) electrons. The summed E-state index contributed by atoms with van der Waals surface area (Å²) in [6.07, 6.45) is -2.28. The number of hydrogen-bond donors (Lipinski definition) is 1. The Kier molecular flexibility index (Phi) is 15.4. The second-order valence-corrected chi connectivity index (χ2v) is 16.4. The van der Waals surface area contributed by atoms with Crippen molar-refractivity contribution in [3.05, 3.63) is 48.0 Å². The van der Waals surface area contributed by atoms with Crippen LogP contribution in [-0.2, 0) is 34.5 Å². The number of nitrogens with two attached hydrogens (primary N) is 1. The maximum absolute atomic E-state index is 13.5. The number of sulfonamides is 1. The van der Waals surface area contributed by atoms with Gasteiger partial charge in [0.15, 0.2) is 0 Å². The van der Waals surface area contributed by atoms with E-state index in [0.29, 0.717) is 10.6 Å². The van der Waals surface area contributed by atoms with Crippen LogP contribution in [0.3, 0.4) is 0 Å². The van der Waals surface area contributed by atoms with Crippen LogP contribution in [0.1, 0.15) is 66.4 Å². The lowest BCUT2D eigenvalue weighted by Crippen LogP contribution is -2.45. The Morgan fingerprint density at radius 3 is 1.96 bits per heavy atom. The van der Waals surface area contributed by atoms with Crippen LogP contribution in [0.15, 0.2) is 57.2 Å².